The van der Waals surface area contributed by atoms with E-state index in [0.717, 1.165) is 39.4 Å². The molecule has 1 aliphatic rings. The molecule has 184 valence electrons. The number of aryl methyl sites for hydroxylation is 2. The van der Waals surface area contributed by atoms with Crippen LogP contribution in [0.2, 0.25) is 5.02 Å². The van der Waals surface area contributed by atoms with Gasteiger partial charge in [0.05, 0.1) is 16.3 Å². The predicted octanol–water partition coefficient (Wildman–Crippen LogP) is 8.34. The van der Waals surface area contributed by atoms with Crippen molar-refractivity contribution in [2.45, 2.75) is 20.5 Å². The molecule has 6 heteroatoms. The van der Waals surface area contributed by atoms with Crippen LogP contribution in [0.15, 0.2) is 107 Å². The van der Waals surface area contributed by atoms with Crippen LogP contribution in [0, 0.1) is 13.8 Å². The van der Waals surface area contributed by atoms with E-state index < -0.39 is 0 Å². The summed E-state index contributed by atoms with van der Waals surface area (Å²) >= 11 is 7.60. The topological polar surface area (TPSA) is 41.9 Å². The maximum Gasteiger partial charge on any atom is 0.271 e. The minimum atomic E-state index is -0.0984. The number of rotatable bonds is 6. The Kier molecular flexibility index (Phi) is 7.45. The fourth-order valence-electron chi connectivity index (χ4n) is 3.79. The van der Waals surface area contributed by atoms with Gasteiger partial charge >= 0.3 is 0 Å². The van der Waals surface area contributed by atoms with Crippen molar-refractivity contribution < 1.29 is 9.53 Å². The van der Waals surface area contributed by atoms with Crippen molar-refractivity contribution >= 4 is 51.9 Å². The summed E-state index contributed by atoms with van der Waals surface area (Å²) in [6.07, 6.45) is 1.89. The monoisotopic (exact) mass is 524 g/mol. The molecule has 0 aliphatic carbocycles. The van der Waals surface area contributed by atoms with Crippen molar-refractivity contribution in [2.24, 2.45) is 4.99 Å². The van der Waals surface area contributed by atoms with Crippen LogP contribution in [0.4, 0.5) is 11.4 Å². The fraction of sp³-hybridized carbons (Fsp3) is 0.0968. The molecule has 4 nitrogen and oxygen atoms in total. The zero-order valence-corrected chi connectivity index (χ0v) is 22.1. The van der Waals surface area contributed by atoms with Crippen molar-refractivity contribution in [3.8, 4) is 5.75 Å². The van der Waals surface area contributed by atoms with Crippen molar-refractivity contribution in [3.05, 3.63) is 129 Å². The summed E-state index contributed by atoms with van der Waals surface area (Å²) in [5.74, 6) is 0.633. The van der Waals surface area contributed by atoms with E-state index in [1.165, 1.54) is 11.8 Å². The van der Waals surface area contributed by atoms with Gasteiger partial charge in [0, 0.05) is 10.6 Å². The minimum Gasteiger partial charge on any atom is -0.489 e. The number of ether oxygens (including phenoxy) is 1. The molecule has 37 heavy (non-hydrogen) atoms. The number of carbonyl (C=O) groups excluding carboxylic acids is 1. The zero-order valence-electron chi connectivity index (χ0n) is 20.5. The van der Waals surface area contributed by atoms with E-state index in [9.17, 15) is 4.79 Å². The maximum atomic E-state index is 13.5. The number of amides is 1. The van der Waals surface area contributed by atoms with Gasteiger partial charge in [0.15, 0.2) is 5.17 Å². The van der Waals surface area contributed by atoms with Crippen LogP contribution in [-0.4, -0.2) is 11.1 Å². The molecule has 0 radical (unpaired) electrons. The van der Waals surface area contributed by atoms with Crippen LogP contribution in [0.3, 0.4) is 0 Å². The van der Waals surface area contributed by atoms with E-state index in [4.69, 9.17) is 21.3 Å². The molecule has 4 aromatic carbocycles. The molecule has 4 aromatic rings. The van der Waals surface area contributed by atoms with Crippen molar-refractivity contribution in [2.75, 3.05) is 4.90 Å². The standard InChI is InChI=1S/C31H25ClN2O2S/c1-21-7-13-25(14-8-21)33-31-34(26-15-9-22(2)10-16-26)30(35)29(37-31)19-23-11-17-27(18-12-23)36-20-24-5-3-4-6-28(24)32/h3-19H,20H2,1-2H3/b29-19-,33-31?. The third-order valence-electron chi connectivity index (χ3n) is 5.89. The first-order valence-electron chi connectivity index (χ1n) is 11.9. The number of thioether (sulfide) groups is 1. The quantitative estimate of drug-likeness (QED) is 0.238. The average molecular weight is 525 g/mol. The lowest BCUT2D eigenvalue weighted by Gasteiger charge is -2.16. The number of benzene rings is 4. The second kappa shape index (κ2) is 11.1. The van der Waals surface area contributed by atoms with Gasteiger partial charge < -0.3 is 4.74 Å². The molecular formula is C31H25ClN2O2S. The van der Waals surface area contributed by atoms with Gasteiger partial charge in [0.2, 0.25) is 0 Å². The van der Waals surface area contributed by atoms with Crippen molar-refractivity contribution in [3.63, 3.8) is 0 Å². The van der Waals surface area contributed by atoms with Gasteiger partial charge in [-0.1, -0.05) is 77.3 Å². The van der Waals surface area contributed by atoms with Crippen LogP contribution in [-0.2, 0) is 11.4 Å². The van der Waals surface area contributed by atoms with Gasteiger partial charge in [-0.05, 0) is 79.7 Å². The number of nitrogens with zero attached hydrogens (tertiary/aromatic N) is 2. The fourth-order valence-corrected chi connectivity index (χ4v) is 4.98. The molecule has 0 N–H and O–H groups in total. The van der Waals surface area contributed by atoms with Gasteiger partial charge in [-0.3, -0.25) is 9.69 Å². The Bertz CT molecular complexity index is 1480. The summed E-state index contributed by atoms with van der Waals surface area (Å²) < 4.78 is 5.89. The van der Waals surface area contributed by atoms with Crippen molar-refractivity contribution in [1.82, 2.24) is 0 Å². The summed E-state index contributed by atoms with van der Waals surface area (Å²) in [5.41, 5.74) is 5.73. The molecule has 1 fully saturated rings. The molecule has 0 atom stereocenters. The van der Waals surface area contributed by atoms with E-state index in [1.807, 2.05) is 117 Å². The second-order valence-electron chi connectivity index (χ2n) is 8.77. The first-order valence-corrected chi connectivity index (χ1v) is 13.1. The molecule has 0 saturated carbocycles. The Morgan fingerprint density at radius 1 is 0.865 bits per heavy atom. The van der Waals surface area contributed by atoms with Gasteiger partial charge in [-0.15, -0.1) is 0 Å². The van der Waals surface area contributed by atoms with Crippen LogP contribution >= 0.6 is 23.4 Å². The number of aliphatic imine (C=N–C) groups is 1. The highest BCUT2D eigenvalue weighted by molar-refractivity contribution is 8.19. The van der Waals surface area contributed by atoms with Crippen LogP contribution < -0.4 is 9.64 Å². The average Bonchev–Trinajstić information content (AvgIpc) is 3.20. The lowest BCUT2D eigenvalue weighted by Crippen LogP contribution is -2.28. The Morgan fingerprint density at radius 2 is 1.51 bits per heavy atom. The maximum absolute atomic E-state index is 13.5. The second-order valence-corrected chi connectivity index (χ2v) is 10.2. The van der Waals surface area contributed by atoms with E-state index in [2.05, 4.69) is 0 Å². The van der Waals surface area contributed by atoms with Gasteiger partial charge in [-0.2, -0.15) is 0 Å². The van der Waals surface area contributed by atoms with Gasteiger partial charge in [0.25, 0.3) is 5.91 Å². The molecule has 5 rings (SSSR count). The molecule has 0 bridgehead atoms. The van der Waals surface area contributed by atoms with E-state index >= 15 is 0 Å². The number of halogens is 1. The number of carbonyl (C=O) groups is 1. The highest BCUT2D eigenvalue weighted by atomic mass is 35.5. The normalized spacial score (nSPS) is 15.5. The smallest absolute Gasteiger partial charge is 0.271 e. The number of anilines is 1. The predicted molar refractivity (Wildman–Crippen MR) is 155 cm³/mol. The highest BCUT2D eigenvalue weighted by Gasteiger charge is 2.34. The van der Waals surface area contributed by atoms with Gasteiger partial charge in [0.1, 0.15) is 12.4 Å². The highest BCUT2D eigenvalue weighted by Crippen LogP contribution is 2.37. The van der Waals surface area contributed by atoms with Crippen LogP contribution in [0.25, 0.3) is 6.08 Å². The number of hydrogen-bond donors (Lipinski definition) is 0. The molecule has 0 unspecified atom stereocenters. The Balaban J connectivity index is 1.39. The summed E-state index contributed by atoms with van der Waals surface area (Å²) in [5, 5.41) is 1.31. The molecule has 1 heterocycles. The van der Waals surface area contributed by atoms with Gasteiger partial charge in [-0.25, -0.2) is 4.99 Å². The van der Waals surface area contributed by atoms with Crippen LogP contribution in [0.1, 0.15) is 22.3 Å². The summed E-state index contributed by atoms with van der Waals surface area (Å²) in [6.45, 7) is 4.45. The lowest BCUT2D eigenvalue weighted by molar-refractivity contribution is -0.113. The van der Waals surface area contributed by atoms with Crippen molar-refractivity contribution in [1.29, 1.82) is 0 Å². The lowest BCUT2D eigenvalue weighted by atomic mass is 10.2. The molecular weight excluding hydrogens is 500 g/mol. The molecule has 0 aromatic heterocycles. The summed E-state index contributed by atoms with van der Waals surface area (Å²) in [4.78, 5) is 20.6. The molecule has 0 spiro atoms. The Morgan fingerprint density at radius 3 is 2.19 bits per heavy atom. The molecule has 1 saturated heterocycles. The first-order chi connectivity index (χ1) is 18.0. The zero-order chi connectivity index (χ0) is 25.8. The SMILES string of the molecule is Cc1ccc(N=C2S/C(=C\c3ccc(OCc4ccccc4Cl)cc3)C(=O)N2c2ccc(C)cc2)cc1. The third-order valence-corrected chi connectivity index (χ3v) is 7.22. The Labute approximate surface area is 226 Å². The van der Waals surface area contributed by atoms with Crippen LogP contribution in [0.5, 0.6) is 5.75 Å². The largest absolute Gasteiger partial charge is 0.489 e. The van der Waals surface area contributed by atoms with E-state index in [1.54, 1.807) is 4.90 Å². The molecule has 1 aliphatic heterocycles. The third kappa shape index (κ3) is 5.96. The Hall–Kier alpha value is -3.80. The first kappa shape index (κ1) is 24.9. The minimum absolute atomic E-state index is 0.0984. The molecule has 1 amide bonds. The van der Waals surface area contributed by atoms with E-state index in [0.29, 0.717) is 21.7 Å². The number of hydrogen-bond acceptors (Lipinski definition) is 4. The summed E-state index contributed by atoms with van der Waals surface area (Å²) in [6, 6.07) is 31.2. The summed E-state index contributed by atoms with van der Waals surface area (Å²) in [7, 11) is 0. The number of amidine groups is 1. The van der Waals surface area contributed by atoms with E-state index in [-0.39, 0.29) is 5.91 Å².